The topological polar surface area (TPSA) is 115 Å². The molecule has 228 valence electrons. The van der Waals surface area contributed by atoms with Crippen molar-refractivity contribution in [2.45, 2.75) is 168 Å². The normalized spacial score (nSPS) is 15.6. The zero-order valence-corrected chi connectivity index (χ0v) is 25.5. The molecular formula is C32H59NO6. The number of rotatable bonds is 27. The molecule has 0 radical (unpaired) electrons. The van der Waals surface area contributed by atoms with Crippen molar-refractivity contribution in [3.8, 4) is 0 Å². The lowest BCUT2D eigenvalue weighted by molar-refractivity contribution is -0.969. The lowest BCUT2D eigenvalue weighted by Crippen LogP contribution is -2.72. The zero-order chi connectivity index (χ0) is 29.5. The summed E-state index contributed by atoms with van der Waals surface area (Å²) >= 11 is 0. The van der Waals surface area contributed by atoms with Gasteiger partial charge in [-0.2, -0.15) is 0 Å². The van der Waals surface area contributed by atoms with E-state index in [1.165, 1.54) is 111 Å². The van der Waals surface area contributed by atoms with E-state index < -0.39 is 40.5 Å². The zero-order valence-electron chi connectivity index (χ0n) is 25.5. The van der Waals surface area contributed by atoms with Crippen molar-refractivity contribution >= 4 is 17.9 Å². The number of aliphatic carboxylic acids is 3. The highest BCUT2D eigenvalue weighted by molar-refractivity contribution is 5.76. The smallest absolute Gasteiger partial charge is 0.362 e. The van der Waals surface area contributed by atoms with Crippen LogP contribution in [0.1, 0.15) is 150 Å². The van der Waals surface area contributed by atoms with E-state index in [0.29, 0.717) is 6.42 Å². The molecule has 0 aromatic rings. The van der Waals surface area contributed by atoms with Crippen LogP contribution in [0.5, 0.6) is 0 Å². The second kappa shape index (κ2) is 22.9. The first-order valence-electron chi connectivity index (χ1n) is 15.8. The number of carbonyl (C=O) groups excluding carboxylic acids is 1. The number of carboxylic acids is 3. The predicted octanol–water partition coefficient (Wildman–Crippen LogP) is 6.88. The van der Waals surface area contributed by atoms with Crippen molar-refractivity contribution < 1.29 is 34.2 Å². The fourth-order valence-corrected chi connectivity index (χ4v) is 5.71. The summed E-state index contributed by atoms with van der Waals surface area (Å²) in [6.07, 6.45) is 27.6. The standard InChI is InChI=1S/C32H59NO6/c1-5-6-7-8-9-10-11-12-13-14-15-16-17-18-19-20-21-22-23-24-25-26-33(27(2)30(34)35,28(3)31(36)37)29(4)32(38)39/h12-13,27-29H,5-11,14-26H2,1-4H3,(H2-,34,35,36,37,38,39)/b13-12+. The van der Waals surface area contributed by atoms with Crippen molar-refractivity contribution in [1.29, 1.82) is 0 Å². The molecule has 0 fully saturated rings. The van der Waals surface area contributed by atoms with Crippen LogP contribution < -0.4 is 5.11 Å². The summed E-state index contributed by atoms with van der Waals surface area (Å²) in [6.45, 7) is 6.60. The number of carbonyl (C=O) groups is 3. The van der Waals surface area contributed by atoms with Crippen LogP contribution in [0.4, 0.5) is 0 Å². The molecule has 0 aliphatic heterocycles. The van der Waals surface area contributed by atoms with Crippen molar-refractivity contribution in [2.75, 3.05) is 6.54 Å². The Labute approximate surface area is 238 Å². The first-order valence-corrected chi connectivity index (χ1v) is 15.8. The molecule has 0 aliphatic rings. The Morgan fingerprint density at radius 1 is 0.590 bits per heavy atom. The van der Waals surface area contributed by atoms with Crippen LogP contribution >= 0.6 is 0 Å². The molecule has 0 aliphatic carbocycles. The third-order valence-electron chi connectivity index (χ3n) is 8.53. The molecule has 7 nitrogen and oxygen atoms in total. The molecule has 0 spiro atoms. The number of unbranched alkanes of at least 4 members (excludes halogenated alkanes) is 17. The minimum Gasteiger partial charge on any atom is -0.544 e. The molecule has 0 saturated heterocycles. The van der Waals surface area contributed by atoms with Gasteiger partial charge in [0.1, 0.15) is 6.04 Å². The predicted molar refractivity (Wildman–Crippen MR) is 156 cm³/mol. The summed E-state index contributed by atoms with van der Waals surface area (Å²) in [5.74, 6) is -3.82. The third-order valence-corrected chi connectivity index (χ3v) is 8.53. The molecule has 3 unspecified atom stereocenters. The summed E-state index contributed by atoms with van der Waals surface area (Å²) in [5, 5.41) is 31.0. The van der Waals surface area contributed by atoms with E-state index in [9.17, 15) is 29.7 Å². The van der Waals surface area contributed by atoms with Crippen LogP contribution in [0.3, 0.4) is 0 Å². The number of quaternary nitrogens is 1. The minimum absolute atomic E-state index is 0.185. The van der Waals surface area contributed by atoms with Crippen LogP contribution in [-0.4, -0.2) is 57.3 Å². The first-order chi connectivity index (χ1) is 18.6. The van der Waals surface area contributed by atoms with Crippen LogP contribution in [0, 0.1) is 0 Å². The maximum absolute atomic E-state index is 11.8. The molecule has 0 amide bonds. The van der Waals surface area contributed by atoms with Gasteiger partial charge in [0.2, 0.25) is 0 Å². The molecule has 0 heterocycles. The summed E-state index contributed by atoms with van der Waals surface area (Å²) < 4.78 is -0.540. The van der Waals surface area contributed by atoms with E-state index in [0.717, 1.165) is 25.7 Å². The highest BCUT2D eigenvalue weighted by atomic mass is 16.4. The average molecular weight is 554 g/mol. The lowest BCUT2D eigenvalue weighted by atomic mass is 10.00. The minimum atomic E-state index is -1.42. The monoisotopic (exact) mass is 553 g/mol. The number of carboxylic acid groups (broad SMARTS) is 3. The SMILES string of the molecule is CCCCCCCC/C=C/CCCCCCCCCCCCC[N+](C(C)C(=O)[O-])(C(C)C(=O)O)C(C)C(=O)O. The molecule has 0 aromatic heterocycles. The number of hydrogen-bond acceptors (Lipinski definition) is 4. The van der Waals surface area contributed by atoms with Gasteiger partial charge in [-0.15, -0.1) is 0 Å². The maximum Gasteiger partial charge on any atom is 0.362 e. The number of nitrogens with zero attached hydrogens (tertiary/aromatic N) is 1. The molecular weight excluding hydrogens is 494 g/mol. The molecule has 3 atom stereocenters. The van der Waals surface area contributed by atoms with E-state index in [1.807, 2.05) is 0 Å². The van der Waals surface area contributed by atoms with E-state index in [2.05, 4.69) is 19.1 Å². The maximum atomic E-state index is 11.8. The summed E-state index contributed by atoms with van der Waals surface area (Å²) in [7, 11) is 0. The van der Waals surface area contributed by atoms with Crippen LogP contribution in [0.25, 0.3) is 0 Å². The first kappa shape index (κ1) is 37.1. The summed E-state index contributed by atoms with van der Waals surface area (Å²) in [4.78, 5) is 35.3. The number of hydrogen-bond donors (Lipinski definition) is 2. The second-order valence-electron chi connectivity index (χ2n) is 11.4. The molecule has 0 saturated carbocycles. The average Bonchev–Trinajstić information content (AvgIpc) is 2.90. The van der Waals surface area contributed by atoms with E-state index >= 15 is 0 Å². The van der Waals surface area contributed by atoms with Crippen molar-refractivity contribution in [3.63, 3.8) is 0 Å². The Hall–Kier alpha value is -1.89. The van der Waals surface area contributed by atoms with Gasteiger partial charge in [0.05, 0.1) is 12.5 Å². The molecule has 0 bridgehead atoms. The van der Waals surface area contributed by atoms with Gasteiger partial charge in [0.15, 0.2) is 12.1 Å². The van der Waals surface area contributed by atoms with Crippen LogP contribution in [0.2, 0.25) is 0 Å². The van der Waals surface area contributed by atoms with Crippen molar-refractivity contribution in [2.24, 2.45) is 0 Å². The molecule has 39 heavy (non-hydrogen) atoms. The van der Waals surface area contributed by atoms with Gasteiger partial charge in [-0.1, -0.05) is 103 Å². The highest BCUT2D eigenvalue weighted by Crippen LogP contribution is 2.27. The Balaban J connectivity index is 4.04. The molecule has 0 aromatic carbocycles. The Morgan fingerprint density at radius 2 is 0.923 bits per heavy atom. The Kier molecular flexibility index (Phi) is 21.8. The fraction of sp³-hybridized carbons (Fsp3) is 0.844. The van der Waals surface area contributed by atoms with Crippen molar-refractivity contribution in [1.82, 2.24) is 0 Å². The van der Waals surface area contributed by atoms with Crippen LogP contribution in [-0.2, 0) is 14.4 Å². The Bertz CT molecular complexity index is 642. The van der Waals surface area contributed by atoms with Gasteiger partial charge in [-0.3, -0.25) is 4.48 Å². The van der Waals surface area contributed by atoms with E-state index in [-0.39, 0.29) is 6.54 Å². The summed E-state index contributed by atoms with van der Waals surface area (Å²) in [5.41, 5.74) is 0. The van der Waals surface area contributed by atoms with Gasteiger partial charge < -0.3 is 20.1 Å². The third kappa shape index (κ3) is 15.5. The van der Waals surface area contributed by atoms with E-state index in [1.54, 1.807) is 0 Å². The van der Waals surface area contributed by atoms with E-state index in [4.69, 9.17) is 0 Å². The van der Waals surface area contributed by atoms with Gasteiger partial charge >= 0.3 is 11.9 Å². The second-order valence-corrected chi connectivity index (χ2v) is 11.4. The quantitative estimate of drug-likeness (QED) is 0.0651. The number of allylic oxidation sites excluding steroid dienone is 2. The van der Waals surface area contributed by atoms with Crippen molar-refractivity contribution in [3.05, 3.63) is 12.2 Å². The van der Waals surface area contributed by atoms with Gasteiger partial charge in [0, 0.05) is 0 Å². The highest BCUT2D eigenvalue weighted by Gasteiger charge is 2.50. The molecule has 0 rings (SSSR count). The fourth-order valence-electron chi connectivity index (χ4n) is 5.71. The largest absolute Gasteiger partial charge is 0.544 e. The van der Waals surface area contributed by atoms with Gasteiger partial charge in [0.25, 0.3) is 0 Å². The van der Waals surface area contributed by atoms with Gasteiger partial charge in [-0.25, -0.2) is 9.59 Å². The Morgan fingerprint density at radius 3 is 1.26 bits per heavy atom. The lowest BCUT2D eigenvalue weighted by Gasteiger charge is -2.49. The molecule has 7 heteroatoms. The molecule has 2 N–H and O–H groups in total. The summed E-state index contributed by atoms with van der Waals surface area (Å²) in [6, 6.07) is -3.56. The van der Waals surface area contributed by atoms with Crippen LogP contribution in [0.15, 0.2) is 12.2 Å². The van der Waals surface area contributed by atoms with Gasteiger partial charge in [-0.05, 0) is 59.3 Å².